The van der Waals surface area contributed by atoms with E-state index in [1.54, 1.807) is 12.1 Å². The summed E-state index contributed by atoms with van der Waals surface area (Å²) in [6.45, 7) is 1.84. The summed E-state index contributed by atoms with van der Waals surface area (Å²) in [4.78, 5) is 2.09. The Morgan fingerprint density at radius 1 is 1.12 bits per heavy atom. The first-order valence-corrected chi connectivity index (χ1v) is 5.76. The van der Waals surface area contributed by atoms with Gasteiger partial charge in [0.25, 0.3) is 0 Å². The van der Waals surface area contributed by atoms with E-state index in [2.05, 4.69) is 4.90 Å². The van der Waals surface area contributed by atoms with Crippen molar-refractivity contribution in [2.24, 2.45) is 0 Å². The van der Waals surface area contributed by atoms with Crippen molar-refractivity contribution in [3.63, 3.8) is 0 Å². The van der Waals surface area contributed by atoms with Crippen LogP contribution in [0.3, 0.4) is 0 Å². The van der Waals surface area contributed by atoms with E-state index in [4.69, 9.17) is 5.26 Å². The van der Waals surface area contributed by atoms with Crippen molar-refractivity contribution in [3.8, 4) is 6.07 Å². The van der Waals surface area contributed by atoms with Crippen LogP contribution in [-0.2, 0) is 0 Å². The molecule has 2 nitrogen and oxygen atoms in total. The molecular weight excluding hydrogens is 203 g/mol. The van der Waals surface area contributed by atoms with Crippen molar-refractivity contribution < 1.29 is 4.39 Å². The van der Waals surface area contributed by atoms with Gasteiger partial charge < -0.3 is 4.90 Å². The molecule has 1 aromatic rings. The third kappa shape index (κ3) is 2.33. The molecule has 1 fully saturated rings. The van der Waals surface area contributed by atoms with Crippen LogP contribution in [0.2, 0.25) is 0 Å². The zero-order valence-corrected chi connectivity index (χ0v) is 9.25. The minimum atomic E-state index is -0.277. The number of hydrogen-bond donors (Lipinski definition) is 0. The summed E-state index contributed by atoms with van der Waals surface area (Å²) in [5, 5.41) is 8.68. The van der Waals surface area contributed by atoms with Crippen LogP contribution in [0.15, 0.2) is 18.2 Å². The molecule has 0 saturated carbocycles. The molecule has 0 N–H and O–H groups in total. The van der Waals surface area contributed by atoms with Gasteiger partial charge in [-0.2, -0.15) is 5.26 Å². The van der Waals surface area contributed by atoms with Crippen molar-refractivity contribution >= 4 is 5.69 Å². The number of nitriles is 1. The lowest BCUT2D eigenvalue weighted by atomic mass is 10.2. The highest BCUT2D eigenvalue weighted by atomic mass is 19.1. The molecule has 0 radical (unpaired) electrons. The normalized spacial score (nSPS) is 16.6. The maximum atomic E-state index is 13.8. The Kier molecular flexibility index (Phi) is 3.40. The van der Waals surface area contributed by atoms with Crippen molar-refractivity contribution in [3.05, 3.63) is 29.6 Å². The van der Waals surface area contributed by atoms with Crippen molar-refractivity contribution in [2.75, 3.05) is 18.0 Å². The topological polar surface area (TPSA) is 27.0 Å². The zero-order chi connectivity index (χ0) is 11.4. The second-order valence-electron chi connectivity index (χ2n) is 4.18. The summed E-state index contributed by atoms with van der Waals surface area (Å²) in [6.07, 6.45) is 4.71. The molecule has 16 heavy (non-hydrogen) atoms. The van der Waals surface area contributed by atoms with E-state index in [0.717, 1.165) is 25.9 Å². The molecule has 2 rings (SSSR count). The molecule has 0 aromatic heterocycles. The lowest BCUT2D eigenvalue weighted by molar-refractivity contribution is 0.616. The molecule has 1 aromatic carbocycles. The summed E-state index contributed by atoms with van der Waals surface area (Å²) >= 11 is 0. The van der Waals surface area contributed by atoms with E-state index in [1.807, 2.05) is 6.07 Å². The fraction of sp³-hybridized carbons (Fsp3) is 0.462. The van der Waals surface area contributed by atoms with Gasteiger partial charge in [-0.25, -0.2) is 4.39 Å². The SMILES string of the molecule is N#Cc1ccc(N2CCCCCC2)c(F)c1. The minimum Gasteiger partial charge on any atom is -0.369 e. The summed E-state index contributed by atoms with van der Waals surface area (Å²) in [5.41, 5.74) is 1.02. The summed E-state index contributed by atoms with van der Waals surface area (Å²) < 4.78 is 13.8. The second kappa shape index (κ2) is 4.98. The van der Waals surface area contributed by atoms with Crippen molar-refractivity contribution in [1.82, 2.24) is 0 Å². The first-order valence-electron chi connectivity index (χ1n) is 5.76. The fourth-order valence-corrected chi connectivity index (χ4v) is 2.14. The van der Waals surface area contributed by atoms with Gasteiger partial charge in [0.15, 0.2) is 0 Å². The highest BCUT2D eigenvalue weighted by Gasteiger charge is 2.13. The smallest absolute Gasteiger partial charge is 0.147 e. The average molecular weight is 218 g/mol. The molecule has 1 heterocycles. The van der Waals surface area contributed by atoms with Gasteiger partial charge in [-0.05, 0) is 31.0 Å². The second-order valence-corrected chi connectivity index (χ2v) is 4.18. The number of nitrogens with zero attached hydrogens (tertiary/aromatic N) is 2. The fourth-order valence-electron chi connectivity index (χ4n) is 2.14. The van der Waals surface area contributed by atoms with Crippen LogP contribution in [0.25, 0.3) is 0 Å². The zero-order valence-electron chi connectivity index (χ0n) is 9.25. The van der Waals surface area contributed by atoms with Crippen LogP contribution >= 0.6 is 0 Å². The predicted molar refractivity (Wildman–Crippen MR) is 61.8 cm³/mol. The number of benzene rings is 1. The maximum absolute atomic E-state index is 13.8. The van der Waals surface area contributed by atoms with Crippen molar-refractivity contribution in [2.45, 2.75) is 25.7 Å². The van der Waals surface area contributed by atoms with Gasteiger partial charge in [-0.15, -0.1) is 0 Å². The average Bonchev–Trinajstić information content (AvgIpc) is 2.57. The number of rotatable bonds is 1. The summed E-state index contributed by atoms with van der Waals surface area (Å²) in [7, 11) is 0. The van der Waals surface area contributed by atoms with Gasteiger partial charge in [0.05, 0.1) is 17.3 Å². The third-order valence-electron chi connectivity index (χ3n) is 3.02. The van der Waals surface area contributed by atoms with E-state index < -0.39 is 0 Å². The van der Waals surface area contributed by atoms with E-state index >= 15 is 0 Å². The Labute approximate surface area is 95.3 Å². The number of anilines is 1. The quantitative estimate of drug-likeness (QED) is 0.724. The molecular formula is C13H15FN2. The molecule has 84 valence electrons. The highest BCUT2D eigenvalue weighted by molar-refractivity contribution is 5.51. The largest absolute Gasteiger partial charge is 0.369 e. The van der Waals surface area contributed by atoms with Crippen LogP contribution in [0, 0.1) is 17.1 Å². The van der Waals surface area contributed by atoms with Gasteiger partial charge in [0.1, 0.15) is 5.82 Å². The van der Waals surface area contributed by atoms with Crippen LogP contribution in [-0.4, -0.2) is 13.1 Å². The lowest BCUT2D eigenvalue weighted by Crippen LogP contribution is -2.24. The Morgan fingerprint density at radius 2 is 1.81 bits per heavy atom. The molecule has 1 aliphatic heterocycles. The summed E-state index contributed by atoms with van der Waals surface area (Å²) in [6, 6.07) is 6.68. The first-order chi connectivity index (χ1) is 7.81. The van der Waals surface area contributed by atoms with Crippen LogP contribution in [0.5, 0.6) is 0 Å². The Bertz CT molecular complexity index is 401. The summed E-state index contributed by atoms with van der Waals surface area (Å²) in [5.74, 6) is -0.277. The standard InChI is InChI=1S/C13H15FN2/c14-12-9-11(10-15)5-6-13(12)16-7-3-1-2-4-8-16/h5-6,9H,1-4,7-8H2. The van der Waals surface area contributed by atoms with Gasteiger partial charge in [0.2, 0.25) is 0 Å². The monoisotopic (exact) mass is 218 g/mol. The minimum absolute atomic E-state index is 0.277. The lowest BCUT2D eigenvalue weighted by Gasteiger charge is -2.23. The predicted octanol–water partition coefficient (Wildman–Crippen LogP) is 3.08. The molecule has 0 bridgehead atoms. The van der Waals surface area contributed by atoms with E-state index in [-0.39, 0.29) is 5.82 Å². The molecule has 0 atom stereocenters. The molecule has 1 saturated heterocycles. The van der Waals surface area contributed by atoms with Crippen LogP contribution in [0.1, 0.15) is 31.2 Å². The number of halogens is 1. The molecule has 0 spiro atoms. The van der Waals surface area contributed by atoms with Crippen LogP contribution < -0.4 is 4.90 Å². The Balaban J connectivity index is 2.22. The van der Waals surface area contributed by atoms with E-state index in [1.165, 1.54) is 18.9 Å². The number of hydrogen-bond acceptors (Lipinski definition) is 2. The van der Waals surface area contributed by atoms with Gasteiger partial charge in [-0.3, -0.25) is 0 Å². The maximum Gasteiger partial charge on any atom is 0.147 e. The van der Waals surface area contributed by atoms with Crippen molar-refractivity contribution in [1.29, 1.82) is 5.26 Å². The molecule has 0 aliphatic carbocycles. The highest BCUT2D eigenvalue weighted by Crippen LogP contribution is 2.23. The Morgan fingerprint density at radius 3 is 2.38 bits per heavy atom. The van der Waals surface area contributed by atoms with Gasteiger partial charge in [-0.1, -0.05) is 12.8 Å². The van der Waals surface area contributed by atoms with Gasteiger partial charge in [0, 0.05) is 13.1 Å². The Hall–Kier alpha value is -1.56. The third-order valence-corrected chi connectivity index (χ3v) is 3.02. The van der Waals surface area contributed by atoms with E-state index in [9.17, 15) is 4.39 Å². The molecule has 0 unspecified atom stereocenters. The molecule has 3 heteroatoms. The van der Waals surface area contributed by atoms with E-state index in [0.29, 0.717) is 11.3 Å². The molecule has 0 amide bonds. The van der Waals surface area contributed by atoms with Gasteiger partial charge >= 0.3 is 0 Å². The first kappa shape index (κ1) is 10.9. The molecule has 1 aliphatic rings. The van der Waals surface area contributed by atoms with Crippen LogP contribution in [0.4, 0.5) is 10.1 Å².